The highest BCUT2D eigenvalue weighted by molar-refractivity contribution is 7.80. The van der Waals surface area contributed by atoms with Gasteiger partial charge in [-0.25, -0.2) is 0 Å². The highest BCUT2D eigenvalue weighted by Gasteiger charge is 2.37. The number of nitrogens with two attached hydrogens (primary N) is 1. The number of benzene rings is 2. The Hall–Kier alpha value is -2.29. The van der Waals surface area contributed by atoms with Crippen LogP contribution >= 0.6 is 12.2 Å². The van der Waals surface area contributed by atoms with Crippen molar-refractivity contribution in [3.63, 3.8) is 0 Å². The van der Waals surface area contributed by atoms with Crippen LogP contribution in [0.1, 0.15) is 16.7 Å². The molecule has 2 N–H and O–H groups in total. The summed E-state index contributed by atoms with van der Waals surface area (Å²) in [4.78, 5) is 1.02. The molecule has 0 saturated carbocycles. The highest BCUT2D eigenvalue weighted by atomic mass is 32.1. The predicted molar refractivity (Wildman–Crippen MR) is 85.9 cm³/mol. The molecule has 134 valence electrons. The van der Waals surface area contributed by atoms with Crippen LogP contribution in [0, 0.1) is 0 Å². The number of thiocarbonyl (C=S) groups is 1. The molecule has 0 aliphatic rings. The van der Waals surface area contributed by atoms with Crippen LogP contribution in [0.5, 0.6) is 0 Å². The molecular weight excluding hydrogens is 366 g/mol. The molecule has 0 heterocycles. The molecule has 2 rings (SSSR count). The Balaban J connectivity index is 2.54. The zero-order chi connectivity index (χ0) is 18.8. The van der Waals surface area contributed by atoms with E-state index in [2.05, 4.69) is 0 Å². The summed E-state index contributed by atoms with van der Waals surface area (Å²) in [6.07, 6.45) is -9.88. The Morgan fingerprint density at radius 2 is 1.36 bits per heavy atom. The van der Waals surface area contributed by atoms with E-state index < -0.39 is 23.5 Å². The fourth-order valence-corrected chi connectivity index (χ4v) is 2.33. The van der Waals surface area contributed by atoms with Crippen LogP contribution in [0.15, 0.2) is 48.5 Å². The molecule has 0 aliphatic heterocycles. The first-order valence-electron chi connectivity index (χ1n) is 6.89. The fourth-order valence-electron chi connectivity index (χ4n) is 2.16. The van der Waals surface area contributed by atoms with Crippen molar-refractivity contribution in [2.24, 2.45) is 5.73 Å². The van der Waals surface area contributed by atoms with Crippen molar-refractivity contribution in [3.05, 3.63) is 65.2 Å². The minimum Gasteiger partial charge on any atom is -0.376 e. The zero-order valence-electron chi connectivity index (χ0n) is 12.5. The molecule has 0 fully saturated rings. The average Bonchev–Trinajstić information content (AvgIpc) is 2.51. The summed E-state index contributed by atoms with van der Waals surface area (Å²) in [6.45, 7) is -0.0607. The molecule has 0 radical (unpaired) electrons. The number of rotatable bonds is 3. The van der Waals surface area contributed by atoms with Gasteiger partial charge < -0.3 is 10.6 Å². The highest BCUT2D eigenvalue weighted by Crippen LogP contribution is 2.38. The van der Waals surface area contributed by atoms with Gasteiger partial charge in [-0.15, -0.1) is 0 Å². The lowest BCUT2D eigenvalue weighted by Gasteiger charge is -2.25. The van der Waals surface area contributed by atoms with Crippen molar-refractivity contribution >= 4 is 23.0 Å². The maximum Gasteiger partial charge on any atom is 0.416 e. The van der Waals surface area contributed by atoms with Crippen molar-refractivity contribution in [3.8, 4) is 0 Å². The molecule has 0 saturated heterocycles. The van der Waals surface area contributed by atoms with Gasteiger partial charge in [0, 0.05) is 5.69 Å². The number of nitrogens with zero attached hydrogens (tertiary/aromatic N) is 1. The van der Waals surface area contributed by atoms with Gasteiger partial charge in [0.2, 0.25) is 0 Å². The van der Waals surface area contributed by atoms with E-state index in [-0.39, 0.29) is 23.4 Å². The predicted octanol–water partition coefficient (Wildman–Crippen LogP) is 4.97. The maximum absolute atomic E-state index is 13.0. The summed E-state index contributed by atoms with van der Waals surface area (Å²) in [5, 5.41) is -0.337. The topological polar surface area (TPSA) is 29.3 Å². The molecular formula is C16H12F6N2S. The summed E-state index contributed by atoms with van der Waals surface area (Å²) in [7, 11) is 0. The van der Waals surface area contributed by atoms with E-state index in [1.165, 1.54) is 0 Å². The van der Waals surface area contributed by atoms with E-state index in [0.29, 0.717) is 17.7 Å². The Morgan fingerprint density at radius 3 is 1.76 bits per heavy atom. The van der Waals surface area contributed by atoms with E-state index in [1.54, 1.807) is 30.3 Å². The second-order valence-electron chi connectivity index (χ2n) is 5.17. The van der Waals surface area contributed by atoms with Crippen molar-refractivity contribution in [2.45, 2.75) is 18.9 Å². The third-order valence-electron chi connectivity index (χ3n) is 3.33. The minimum absolute atomic E-state index is 0.0593. The smallest absolute Gasteiger partial charge is 0.376 e. The van der Waals surface area contributed by atoms with E-state index in [0.717, 1.165) is 4.90 Å². The van der Waals surface area contributed by atoms with E-state index in [4.69, 9.17) is 18.0 Å². The zero-order valence-corrected chi connectivity index (χ0v) is 13.3. The van der Waals surface area contributed by atoms with Gasteiger partial charge in [0.05, 0.1) is 17.7 Å². The van der Waals surface area contributed by atoms with Gasteiger partial charge in [0.25, 0.3) is 0 Å². The lowest BCUT2D eigenvalue weighted by atomic mass is 10.1. The molecule has 25 heavy (non-hydrogen) atoms. The third-order valence-corrected chi connectivity index (χ3v) is 3.55. The standard InChI is InChI=1S/C16H12F6N2S/c17-15(18,19)11-6-12(16(20,21)22)8-13(7-11)24(14(23)25)9-10-4-2-1-3-5-10/h1-8H,9H2,(H2,23,25). The largest absolute Gasteiger partial charge is 0.416 e. The third kappa shape index (κ3) is 4.85. The quantitative estimate of drug-likeness (QED) is 0.604. The fraction of sp³-hybridized carbons (Fsp3) is 0.188. The van der Waals surface area contributed by atoms with Crippen LogP contribution in [0.4, 0.5) is 32.0 Å². The molecule has 2 nitrogen and oxygen atoms in total. The van der Waals surface area contributed by atoms with Crippen molar-refractivity contribution in [1.82, 2.24) is 0 Å². The van der Waals surface area contributed by atoms with Crippen LogP contribution in [-0.2, 0) is 18.9 Å². The van der Waals surface area contributed by atoms with Crippen LogP contribution in [0.3, 0.4) is 0 Å². The van der Waals surface area contributed by atoms with E-state index >= 15 is 0 Å². The lowest BCUT2D eigenvalue weighted by Crippen LogP contribution is -2.35. The Bertz CT molecular complexity index is 723. The van der Waals surface area contributed by atoms with Gasteiger partial charge in [-0.05, 0) is 36.0 Å². The lowest BCUT2D eigenvalue weighted by molar-refractivity contribution is -0.143. The van der Waals surface area contributed by atoms with Crippen LogP contribution < -0.4 is 10.6 Å². The van der Waals surface area contributed by atoms with Gasteiger partial charge in [-0.1, -0.05) is 30.3 Å². The maximum atomic E-state index is 13.0. The first kappa shape index (κ1) is 19.0. The van der Waals surface area contributed by atoms with Gasteiger partial charge in [0.1, 0.15) is 0 Å². The molecule has 0 aromatic heterocycles. The molecule has 0 aliphatic carbocycles. The summed E-state index contributed by atoms with van der Waals surface area (Å²) in [5.41, 5.74) is 2.93. The molecule has 0 spiro atoms. The minimum atomic E-state index is -4.94. The number of alkyl halides is 6. The molecule has 0 unspecified atom stereocenters. The van der Waals surface area contributed by atoms with Crippen LogP contribution in [0.2, 0.25) is 0 Å². The van der Waals surface area contributed by atoms with E-state index in [1.807, 2.05) is 0 Å². The van der Waals surface area contributed by atoms with Gasteiger partial charge >= 0.3 is 12.4 Å². The number of hydrogen-bond donors (Lipinski definition) is 1. The molecule has 9 heteroatoms. The van der Waals surface area contributed by atoms with Crippen LogP contribution in [0.25, 0.3) is 0 Å². The van der Waals surface area contributed by atoms with Gasteiger partial charge in [-0.2, -0.15) is 26.3 Å². The van der Waals surface area contributed by atoms with Crippen molar-refractivity contribution in [1.29, 1.82) is 0 Å². The molecule has 0 amide bonds. The first-order valence-corrected chi connectivity index (χ1v) is 7.29. The Kier molecular flexibility index (Phi) is 5.26. The SMILES string of the molecule is NC(=S)N(Cc1ccccc1)c1cc(C(F)(F)F)cc(C(F)(F)F)c1. The monoisotopic (exact) mass is 378 g/mol. The first-order chi connectivity index (χ1) is 11.5. The normalized spacial score (nSPS) is 12.1. The molecule has 0 bridgehead atoms. The molecule has 2 aromatic carbocycles. The van der Waals surface area contributed by atoms with Gasteiger partial charge in [0.15, 0.2) is 5.11 Å². The second-order valence-corrected chi connectivity index (χ2v) is 5.59. The number of halogens is 6. The summed E-state index contributed by atoms with van der Waals surface area (Å²) >= 11 is 4.81. The summed E-state index contributed by atoms with van der Waals surface area (Å²) < 4.78 is 77.9. The Labute approximate surface area is 144 Å². The van der Waals surface area contributed by atoms with Crippen molar-refractivity contribution in [2.75, 3.05) is 4.90 Å². The Morgan fingerprint density at radius 1 is 0.880 bits per heavy atom. The molecule has 2 aromatic rings. The van der Waals surface area contributed by atoms with Crippen LogP contribution in [-0.4, -0.2) is 5.11 Å². The number of anilines is 1. The summed E-state index contributed by atoms with van der Waals surface area (Å²) in [6, 6.07) is 9.65. The van der Waals surface area contributed by atoms with Crippen molar-refractivity contribution < 1.29 is 26.3 Å². The second kappa shape index (κ2) is 6.91. The van der Waals surface area contributed by atoms with Gasteiger partial charge in [-0.3, -0.25) is 0 Å². The summed E-state index contributed by atoms with van der Waals surface area (Å²) in [5.74, 6) is 0. The average molecular weight is 378 g/mol. The van der Waals surface area contributed by atoms with E-state index in [9.17, 15) is 26.3 Å². The molecule has 0 atom stereocenters. The number of hydrogen-bond acceptors (Lipinski definition) is 1.